The third-order valence-corrected chi connectivity index (χ3v) is 17.5. The van der Waals surface area contributed by atoms with Crippen molar-refractivity contribution in [2.24, 2.45) is 23.2 Å². The molecular weight excluding hydrogens is 737 g/mol. The molecule has 5 atom stereocenters. The van der Waals surface area contributed by atoms with Gasteiger partial charge in [0.2, 0.25) is 0 Å². The second-order valence-electron chi connectivity index (χ2n) is 18.4. The van der Waals surface area contributed by atoms with Gasteiger partial charge in [0.1, 0.15) is 11.9 Å². The third-order valence-electron chi connectivity index (χ3n) is 13.0. The molecule has 2 aliphatic heterocycles. The number of ketones is 1. The summed E-state index contributed by atoms with van der Waals surface area (Å²) in [5, 5.41) is -0.133. The number of carbonyl (C=O) groups is 3. The Hall–Kier alpha value is -3.15. The molecule has 10 heteroatoms. The summed E-state index contributed by atoms with van der Waals surface area (Å²) in [5.41, 5.74) is 1.92. The molecule has 57 heavy (non-hydrogen) atoms. The van der Waals surface area contributed by atoms with Crippen molar-refractivity contribution in [2.45, 2.75) is 149 Å². The number of allylic oxidation sites excluding steroid dienone is 5. The Bertz CT molecular complexity index is 1700. The van der Waals surface area contributed by atoms with E-state index in [0.29, 0.717) is 43.6 Å². The van der Waals surface area contributed by atoms with Crippen molar-refractivity contribution in [1.29, 1.82) is 0 Å². The maximum Gasteiger partial charge on any atom is 0.342 e. The molecule has 1 aromatic rings. The fraction of sp³-hybridized carbons (Fsp3) is 0.638. The molecular formula is C47H68O9Si. The zero-order valence-corrected chi connectivity index (χ0v) is 37.2. The average Bonchev–Trinajstić information content (AvgIpc) is 3.38. The molecule has 5 rings (SSSR count). The number of hydrogen-bond acceptors (Lipinski definition) is 9. The second kappa shape index (κ2) is 18.8. The van der Waals surface area contributed by atoms with Crippen LogP contribution in [0.2, 0.25) is 18.1 Å². The molecule has 0 N–H and O–H groups in total. The van der Waals surface area contributed by atoms with Crippen LogP contribution in [0.1, 0.15) is 112 Å². The summed E-state index contributed by atoms with van der Waals surface area (Å²) in [6.45, 7) is 19.6. The van der Waals surface area contributed by atoms with E-state index in [4.69, 9.17) is 28.1 Å². The van der Waals surface area contributed by atoms with Gasteiger partial charge >= 0.3 is 11.9 Å². The maximum atomic E-state index is 14.4. The van der Waals surface area contributed by atoms with E-state index in [1.807, 2.05) is 64.1 Å². The minimum atomic E-state index is -2.44. The van der Waals surface area contributed by atoms with E-state index in [1.54, 1.807) is 7.11 Å². The Labute approximate surface area is 342 Å². The highest BCUT2D eigenvalue weighted by molar-refractivity contribution is 6.74. The number of fused-ring (bicyclic) bond motifs is 4. The van der Waals surface area contributed by atoms with Crippen LogP contribution in [0.25, 0.3) is 0 Å². The van der Waals surface area contributed by atoms with Gasteiger partial charge in [-0.2, -0.15) is 0 Å². The van der Waals surface area contributed by atoms with E-state index in [-0.39, 0.29) is 35.7 Å². The normalized spacial score (nSPS) is 25.1. The highest BCUT2D eigenvalue weighted by Crippen LogP contribution is 2.57. The minimum absolute atomic E-state index is 0.0384. The lowest BCUT2D eigenvalue weighted by atomic mass is 9.62. The lowest BCUT2D eigenvalue weighted by molar-refractivity contribution is -0.280. The van der Waals surface area contributed by atoms with Gasteiger partial charge in [-0.3, -0.25) is 4.79 Å². The number of benzene rings is 1. The van der Waals surface area contributed by atoms with Crippen molar-refractivity contribution in [3.8, 4) is 5.75 Å². The van der Waals surface area contributed by atoms with Gasteiger partial charge in [0, 0.05) is 23.3 Å². The summed E-state index contributed by atoms with van der Waals surface area (Å²) in [5.74, 6) is -2.10. The number of methoxy groups -OCH3 is 1. The summed E-state index contributed by atoms with van der Waals surface area (Å²) in [6, 6.07) is 7.76. The van der Waals surface area contributed by atoms with Crippen molar-refractivity contribution in [2.75, 3.05) is 20.3 Å². The molecule has 2 bridgehead atoms. The number of cyclic esters (lactones) is 2. The molecule has 2 heterocycles. The smallest absolute Gasteiger partial charge is 0.342 e. The number of hydrogen-bond donors (Lipinski definition) is 0. The zero-order valence-electron chi connectivity index (χ0n) is 36.2. The van der Waals surface area contributed by atoms with E-state index in [9.17, 15) is 14.4 Å². The van der Waals surface area contributed by atoms with Crippen LogP contribution in [-0.2, 0) is 44.4 Å². The highest BCUT2D eigenvalue weighted by atomic mass is 28.4. The number of Topliss-reactive ketones (excluding diaryl/α,β-unsaturated/α-hetero) is 1. The SMILES string of the molecule is C/C=C/CCCCC[C@@H]1C=C2[C@@H](OCc3ccc(OC)cc3)[C@H](C3=C(CC24COC(C)(C)OC4)C(=O)OC3=O)[C@H]1C[C@@H](O[Si](C)(C)C(C)(C)C)C(=O)CC/C=C/C. The first kappa shape index (κ1) is 44.9. The van der Waals surface area contributed by atoms with Crippen LogP contribution < -0.4 is 4.74 Å². The Balaban J connectivity index is 1.67. The van der Waals surface area contributed by atoms with E-state index < -0.39 is 49.6 Å². The topological polar surface area (TPSA) is 107 Å². The quantitative estimate of drug-likeness (QED) is 0.0471. The molecule has 0 unspecified atom stereocenters. The zero-order chi connectivity index (χ0) is 41.6. The summed E-state index contributed by atoms with van der Waals surface area (Å²) in [4.78, 5) is 42.3. The van der Waals surface area contributed by atoms with E-state index in [1.165, 1.54) is 0 Å². The number of carbonyl (C=O) groups excluding carboxylic acids is 3. The lowest BCUT2D eigenvalue weighted by Gasteiger charge is -2.50. The van der Waals surface area contributed by atoms with Gasteiger partial charge in [-0.1, -0.05) is 76.1 Å². The first-order valence-corrected chi connectivity index (χ1v) is 24.0. The molecule has 0 aromatic heterocycles. The number of esters is 2. The van der Waals surface area contributed by atoms with E-state index in [2.05, 4.69) is 52.1 Å². The Morgan fingerprint density at radius 3 is 2.26 bits per heavy atom. The van der Waals surface area contributed by atoms with Gasteiger partial charge < -0.3 is 28.1 Å². The Morgan fingerprint density at radius 2 is 1.63 bits per heavy atom. The van der Waals surface area contributed by atoms with Gasteiger partial charge in [0.15, 0.2) is 19.9 Å². The van der Waals surface area contributed by atoms with Gasteiger partial charge in [0.25, 0.3) is 0 Å². The first-order valence-electron chi connectivity index (χ1n) is 21.1. The van der Waals surface area contributed by atoms with Gasteiger partial charge in [-0.25, -0.2) is 9.59 Å². The first-order chi connectivity index (χ1) is 27.0. The molecule has 4 aliphatic rings. The minimum Gasteiger partial charge on any atom is -0.497 e. The summed E-state index contributed by atoms with van der Waals surface area (Å²) in [7, 11) is -0.806. The fourth-order valence-corrected chi connectivity index (χ4v) is 9.91. The standard InChI is InChI=1S/C47H68O9Si/c1-11-13-15-16-17-19-20-33-26-37-42(52-29-32-22-24-34(51-8)25-23-32)40(35(33)27-39(38(48)21-18-14-12-2)56-57(9,10)45(3,4)5)41-36(43(49)55-44(41)50)28-47(37)30-53-46(6,7)54-31-47/h11-14,22-26,33,35,39-40,42H,15-21,27-31H2,1-10H3/b13-11+,14-12+/t33-,35+,39-,40+,42-/m1/s1. The summed E-state index contributed by atoms with van der Waals surface area (Å²) >= 11 is 0. The maximum absolute atomic E-state index is 14.4. The van der Waals surface area contributed by atoms with Crippen molar-refractivity contribution >= 4 is 26.0 Å². The van der Waals surface area contributed by atoms with Crippen LogP contribution in [-0.4, -0.2) is 64.4 Å². The third kappa shape index (κ3) is 10.5. The van der Waals surface area contributed by atoms with Crippen molar-refractivity contribution in [3.05, 3.63) is 76.9 Å². The largest absolute Gasteiger partial charge is 0.497 e. The molecule has 1 saturated heterocycles. The summed E-state index contributed by atoms with van der Waals surface area (Å²) < 4.78 is 37.9. The predicted molar refractivity (Wildman–Crippen MR) is 225 cm³/mol. The fourth-order valence-electron chi connectivity index (χ4n) is 8.62. The van der Waals surface area contributed by atoms with Crippen LogP contribution in [0.3, 0.4) is 0 Å². The van der Waals surface area contributed by atoms with Crippen molar-refractivity contribution in [3.63, 3.8) is 0 Å². The number of rotatable bonds is 18. The Morgan fingerprint density at radius 1 is 0.965 bits per heavy atom. The monoisotopic (exact) mass is 804 g/mol. The molecule has 1 fully saturated rings. The second-order valence-corrected chi connectivity index (χ2v) is 23.2. The molecule has 314 valence electrons. The number of ether oxygens (including phenoxy) is 5. The predicted octanol–water partition coefficient (Wildman–Crippen LogP) is 10.2. The molecule has 1 spiro atoms. The van der Waals surface area contributed by atoms with Gasteiger partial charge in [-0.05, 0) is 119 Å². The van der Waals surface area contributed by atoms with Gasteiger partial charge in [0.05, 0.1) is 38.6 Å². The van der Waals surface area contributed by atoms with Crippen LogP contribution in [0.15, 0.2) is 71.4 Å². The molecule has 9 nitrogen and oxygen atoms in total. The molecule has 1 aromatic carbocycles. The summed E-state index contributed by atoms with van der Waals surface area (Å²) in [6.07, 6.45) is 15.9. The molecule has 0 saturated carbocycles. The van der Waals surface area contributed by atoms with Crippen LogP contribution >= 0.6 is 0 Å². The van der Waals surface area contributed by atoms with E-state index >= 15 is 0 Å². The van der Waals surface area contributed by atoms with Crippen molar-refractivity contribution < 1.29 is 42.5 Å². The highest BCUT2D eigenvalue weighted by Gasteiger charge is 2.59. The van der Waals surface area contributed by atoms with Crippen LogP contribution in [0.4, 0.5) is 0 Å². The van der Waals surface area contributed by atoms with Gasteiger partial charge in [-0.15, -0.1) is 0 Å². The van der Waals surface area contributed by atoms with E-state index in [0.717, 1.165) is 49.0 Å². The van der Waals surface area contributed by atoms with Crippen LogP contribution in [0, 0.1) is 23.2 Å². The Kier molecular flexibility index (Phi) is 14.8. The average molecular weight is 805 g/mol. The van der Waals surface area contributed by atoms with Crippen LogP contribution in [0.5, 0.6) is 5.75 Å². The molecule has 0 amide bonds. The number of unbranched alkanes of at least 4 members (excludes halogenated alkanes) is 3. The lowest BCUT2D eigenvalue weighted by Crippen LogP contribution is -2.53. The van der Waals surface area contributed by atoms with Crippen molar-refractivity contribution in [1.82, 2.24) is 0 Å². The molecule has 0 radical (unpaired) electrons. The molecule has 2 aliphatic carbocycles.